The summed E-state index contributed by atoms with van der Waals surface area (Å²) in [6.07, 6.45) is 7.66. The Morgan fingerprint density at radius 3 is 2.79 bits per heavy atom. The lowest BCUT2D eigenvalue weighted by atomic mass is 10.1. The van der Waals surface area contributed by atoms with Crippen LogP contribution in [0.2, 0.25) is 0 Å². The van der Waals surface area contributed by atoms with Crippen LogP contribution in [0, 0.1) is 0 Å². The molecule has 0 spiro atoms. The van der Waals surface area contributed by atoms with E-state index < -0.39 is 0 Å². The van der Waals surface area contributed by atoms with Gasteiger partial charge in [0.15, 0.2) is 4.34 Å². The van der Waals surface area contributed by atoms with E-state index in [2.05, 4.69) is 15.5 Å². The molecule has 130 valence electrons. The molecule has 8 heteroatoms. The Labute approximate surface area is 150 Å². The van der Waals surface area contributed by atoms with Gasteiger partial charge >= 0.3 is 0 Å². The molecule has 6 nitrogen and oxygen atoms in total. The minimum atomic E-state index is 0.210. The van der Waals surface area contributed by atoms with Crippen molar-refractivity contribution in [3.8, 4) is 0 Å². The lowest BCUT2D eigenvalue weighted by Gasteiger charge is -2.24. The Morgan fingerprint density at radius 2 is 2.04 bits per heavy atom. The van der Waals surface area contributed by atoms with Gasteiger partial charge in [0.25, 0.3) is 0 Å². The van der Waals surface area contributed by atoms with Gasteiger partial charge in [-0.3, -0.25) is 4.79 Å². The summed E-state index contributed by atoms with van der Waals surface area (Å²) < 4.78 is 6.08. The van der Waals surface area contributed by atoms with E-state index in [1.54, 1.807) is 6.26 Å². The van der Waals surface area contributed by atoms with Crippen LogP contribution in [-0.2, 0) is 11.3 Å². The van der Waals surface area contributed by atoms with Crippen molar-refractivity contribution in [2.24, 2.45) is 0 Å². The lowest BCUT2D eigenvalue weighted by molar-refractivity contribution is -0.128. The maximum absolute atomic E-state index is 12.4. The Balaban J connectivity index is 1.43. The van der Waals surface area contributed by atoms with Crippen LogP contribution in [-0.4, -0.2) is 39.8 Å². The minimum absolute atomic E-state index is 0.210. The van der Waals surface area contributed by atoms with Gasteiger partial charge in [0.1, 0.15) is 5.76 Å². The van der Waals surface area contributed by atoms with Crippen LogP contribution in [0.5, 0.6) is 0 Å². The molecule has 0 bridgehead atoms. The number of nitrogens with one attached hydrogen (secondary N) is 1. The van der Waals surface area contributed by atoms with Crippen LogP contribution in [0.3, 0.4) is 0 Å². The van der Waals surface area contributed by atoms with Gasteiger partial charge < -0.3 is 14.6 Å². The van der Waals surface area contributed by atoms with Crippen molar-refractivity contribution in [3.05, 3.63) is 24.2 Å². The first-order valence-corrected chi connectivity index (χ1v) is 10.1. The molecule has 0 aromatic carbocycles. The van der Waals surface area contributed by atoms with Crippen molar-refractivity contribution in [2.75, 3.05) is 24.2 Å². The number of carbonyl (C=O) groups is 1. The second-order valence-electron chi connectivity index (χ2n) is 5.74. The van der Waals surface area contributed by atoms with Gasteiger partial charge in [-0.05, 0) is 25.0 Å². The number of rotatable bonds is 6. The Morgan fingerprint density at radius 1 is 1.25 bits per heavy atom. The third kappa shape index (κ3) is 5.24. The van der Waals surface area contributed by atoms with Crippen molar-refractivity contribution in [1.82, 2.24) is 15.1 Å². The third-order valence-electron chi connectivity index (χ3n) is 3.93. The van der Waals surface area contributed by atoms with Gasteiger partial charge in [0.2, 0.25) is 11.0 Å². The average molecular weight is 367 g/mol. The summed E-state index contributed by atoms with van der Waals surface area (Å²) in [4.78, 5) is 14.4. The lowest BCUT2D eigenvalue weighted by Crippen LogP contribution is -2.35. The standard InChI is InChI=1S/C16H22N4O2S2/c21-14(20-8-4-2-1-3-5-9-20)12-23-16-19-18-15(24-16)17-11-13-7-6-10-22-13/h6-7,10H,1-5,8-9,11-12H2,(H,17,18). The topological polar surface area (TPSA) is 71.3 Å². The number of thioether (sulfide) groups is 1. The maximum atomic E-state index is 12.4. The molecule has 2 aromatic rings. The van der Waals surface area contributed by atoms with Crippen molar-refractivity contribution >= 4 is 34.1 Å². The normalized spacial score (nSPS) is 15.8. The number of amides is 1. The molecule has 1 aliphatic heterocycles. The van der Waals surface area contributed by atoms with Crippen LogP contribution in [0.1, 0.15) is 37.9 Å². The fourth-order valence-electron chi connectivity index (χ4n) is 2.63. The first kappa shape index (κ1) is 17.3. The van der Waals surface area contributed by atoms with Gasteiger partial charge in [-0.2, -0.15) is 0 Å². The molecule has 3 rings (SSSR count). The molecule has 3 heterocycles. The van der Waals surface area contributed by atoms with Gasteiger partial charge in [-0.1, -0.05) is 42.4 Å². The molecule has 0 saturated carbocycles. The van der Waals surface area contributed by atoms with Crippen molar-refractivity contribution in [1.29, 1.82) is 0 Å². The van der Waals surface area contributed by atoms with Gasteiger partial charge in [0.05, 0.1) is 18.6 Å². The number of hydrogen-bond donors (Lipinski definition) is 1. The van der Waals surface area contributed by atoms with Crippen LogP contribution in [0.4, 0.5) is 5.13 Å². The van der Waals surface area contributed by atoms with Crippen molar-refractivity contribution in [3.63, 3.8) is 0 Å². The number of likely N-dealkylation sites (tertiary alicyclic amines) is 1. The molecule has 24 heavy (non-hydrogen) atoms. The van der Waals surface area contributed by atoms with Crippen LogP contribution in [0.25, 0.3) is 0 Å². The minimum Gasteiger partial charge on any atom is -0.467 e. The highest BCUT2D eigenvalue weighted by molar-refractivity contribution is 8.01. The highest BCUT2D eigenvalue weighted by Gasteiger charge is 2.16. The van der Waals surface area contributed by atoms with Gasteiger partial charge in [-0.25, -0.2) is 0 Å². The second kappa shape index (κ2) is 9.08. The summed E-state index contributed by atoms with van der Waals surface area (Å²) in [7, 11) is 0. The zero-order chi connectivity index (χ0) is 16.6. The quantitative estimate of drug-likeness (QED) is 0.787. The van der Waals surface area contributed by atoms with Crippen molar-refractivity contribution in [2.45, 2.75) is 43.0 Å². The predicted molar refractivity (Wildman–Crippen MR) is 96.3 cm³/mol. The summed E-state index contributed by atoms with van der Waals surface area (Å²) in [5, 5.41) is 12.2. The van der Waals surface area contributed by atoms with E-state index in [1.165, 1.54) is 42.4 Å². The molecule has 0 aliphatic carbocycles. The van der Waals surface area contributed by atoms with Crippen molar-refractivity contribution < 1.29 is 9.21 Å². The molecule has 2 aromatic heterocycles. The average Bonchev–Trinajstić information content (AvgIpc) is 3.22. The van der Waals surface area contributed by atoms with E-state index >= 15 is 0 Å². The first-order valence-electron chi connectivity index (χ1n) is 8.31. The summed E-state index contributed by atoms with van der Waals surface area (Å²) in [6, 6.07) is 3.76. The van der Waals surface area contributed by atoms with Crippen LogP contribution >= 0.6 is 23.1 Å². The molecular weight excluding hydrogens is 344 g/mol. The fourth-order valence-corrected chi connectivity index (χ4v) is 4.28. The summed E-state index contributed by atoms with van der Waals surface area (Å²) in [5.74, 6) is 1.50. The second-order valence-corrected chi connectivity index (χ2v) is 7.94. The number of nitrogens with zero attached hydrogens (tertiary/aromatic N) is 3. The number of hydrogen-bond acceptors (Lipinski definition) is 7. The zero-order valence-corrected chi connectivity index (χ0v) is 15.2. The predicted octanol–water partition coefficient (Wildman–Crippen LogP) is 3.63. The molecule has 1 fully saturated rings. The van der Waals surface area contributed by atoms with Crippen LogP contribution in [0.15, 0.2) is 27.2 Å². The molecule has 1 saturated heterocycles. The number of carbonyl (C=O) groups excluding carboxylic acids is 1. The fraction of sp³-hybridized carbons (Fsp3) is 0.562. The molecule has 1 N–H and O–H groups in total. The molecule has 1 aliphatic rings. The highest BCUT2D eigenvalue weighted by atomic mass is 32.2. The molecule has 0 radical (unpaired) electrons. The smallest absolute Gasteiger partial charge is 0.233 e. The Hall–Kier alpha value is -1.54. The summed E-state index contributed by atoms with van der Waals surface area (Å²) >= 11 is 2.94. The summed E-state index contributed by atoms with van der Waals surface area (Å²) in [6.45, 7) is 2.37. The van der Waals surface area contributed by atoms with E-state index in [9.17, 15) is 4.79 Å². The largest absolute Gasteiger partial charge is 0.467 e. The van der Waals surface area contributed by atoms with E-state index in [0.717, 1.165) is 41.2 Å². The Bertz CT molecular complexity index is 622. The van der Waals surface area contributed by atoms with Crippen LogP contribution < -0.4 is 5.32 Å². The van der Waals surface area contributed by atoms with Gasteiger partial charge in [0, 0.05) is 13.1 Å². The highest BCUT2D eigenvalue weighted by Crippen LogP contribution is 2.26. The zero-order valence-electron chi connectivity index (χ0n) is 13.6. The Kier molecular flexibility index (Phi) is 6.54. The van der Waals surface area contributed by atoms with Gasteiger partial charge in [-0.15, -0.1) is 10.2 Å². The SMILES string of the molecule is O=C(CSc1nnc(NCc2ccco2)s1)N1CCCCCCC1. The summed E-state index contributed by atoms with van der Waals surface area (Å²) in [5.41, 5.74) is 0. The van der Waals surface area contributed by atoms with E-state index in [-0.39, 0.29) is 5.91 Å². The maximum Gasteiger partial charge on any atom is 0.233 e. The first-order chi connectivity index (χ1) is 11.8. The number of aromatic nitrogens is 2. The third-order valence-corrected chi connectivity index (χ3v) is 5.93. The molecule has 0 atom stereocenters. The number of anilines is 1. The molecule has 0 unspecified atom stereocenters. The van der Waals surface area contributed by atoms with E-state index in [1.807, 2.05) is 17.0 Å². The number of furan rings is 1. The molecular formula is C16H22N4O2S2. The van der Waals surface area contributed by atoms with E-state index in [0.29, 0.717) is 12.3 Å². The van der Waals surface area contributed by atoms with E-state index in [4.69, 9.17) is 4.42 Å². The monoisotopic (exact) mass is 366 g/mol. The molecule has 1 amide bonds.